The number of nitrogens with zero attached hydrogens (tertiary/aromatic N) is 2. The summed E-state index contributed by atoms with van der Waals surface area (Å²) in [6.45, 7) is 0. The molecule has 0 heterocycles. The minimum Gasteiger partial charge on any atom is -0.507 e. The van der Waals surface area contributed by atoms with Gasteiger partial charge in [0.1, 0.15) is 11.5 Å². The number of rotatable bonds is 4. The normalized spacial score (nSPS) is 19.6. The molecule has 0 radical (unpaired) electrons. The highest BCUT2D eigenvalue weighted by atomic mass is 19.4. The van der Waals surface area contributed by atoms with Gasteiger partial charge in [0.2, 0.25) is 0 Å². The van der Waals surface area contributed by atoms with Crippen LogP contribution >= 0.6 is 0 Å². The molecule has 2 aromatic carbocycles. The van der Waals surface area contributed by atoms with Crippen LogP contribution in [-0.4, -0.2) is 34.7 Å². The lowest BCUT2D eigenvalue weighted by molar-refractivity contribution is -0.145. The summed E-state index contributed by atoms with van der Waals surface area (Å²) in [5.74, 6) is -3.04. The molecule has 220 valence electrons. The smallest absolute Gasteiger partial charge is 0.419 e. The number of phenolic OH excluding ortho intramolecular Hbond substituents is 2. The van der Waals surface area contributed by atoms with Gasteiger partial charge in [0.15, 0.2) is 0 Å². The number of hydrogen-bond acceptors (Lipinski definition) is 4. The van der Waals surface area contributed by atoms with Crippen LogP contribution in [0.4, 0.5) is 52.7 Å². The molecule has 1 aliphatic carbocycles. The van der Waals surface area contributed by atoms with Gasteiger partial charge >= 0.3 is 24.7 Å². The van der Waals surface area contributed by atoms with Gasteiger partial charge in [0.05, 0.1) is 34.3 Å². The Labute approximate surface area is 217 Å². The van der Waals surface area contributed by atoms with Crippen molar-refractivity contribution in [3.05, 3.63) is 57.6 Å². The highest BCUT2D eigenvalue weighted by Crippen LogP contribution is 2.43. The maximum atomic E-state index is 13.2. The molecule has 0 saturated heterocycles. The first-order valence-corrected chi connectivity index (χ1v) is 11.3. The average Bonchev–Trinajstić information content (AvgIpc) is 2.80. The summed E-state index contributed by atoms with van der Waals surface area (Å²) in [5.41, 5.74) is -9.16. The minimum atomic E-state index is -5.34. The maximum Gasteiger partial charge on any atom is 0.419 e. The van der Waals surface area contributed by atoms with Crippen molar-refractivity contribution >= 4 is 12.4 Å². The van der Waals surface area contributed by atoms with E-state index in [4.69, 9.17) is 0 Å². The first kappa shape index (κ1) is 31.1. The van der Waals surface area contributed by atoms with Crippen molar-refractivity contribution in [1.29, 1.82) is 0 Å². The molecule has 4 nitrogen and oxygen atoms in total. The zero-order chi connectivity index (χ0) is 30.3. The number of halogens is 12. The summed E-state index contributed by atoms with van der Waals surface area (Å²) in [7, 11) is 0. The number of alkyl halides is 12. The lowest BCUT2D eigenvalue weighted by atomic mass is 9.91. The van der Waals surface area contributed by atoms with Crippen molar-refractivity contribution in [3.63, 3.8) is 0 Å². The molecule has 0 aliphatic heterocycles. The Bertz CT molecular complexity index is 1190. The predicted molar refractivity (Wildman–Crippen MR) is 117 cm³/mol. The Morgan fingerprint density at radius 3 is 1.15 bits per heavy atom. The second-order valence-corrected chi connectivity index (χ2v) is 8.89. The van der Waals surface area contributed by atoms with E-state index < -0.39 is 81.7 Å². The molecule has 2 aromatic rings. The molecule has 1 fully saturated rings. The van der Waals surface area contributed by atoms with E-state index in [9.17, 15) is 62.9 Å². The predicted octanol–water partition coefficient (Wildman–Crippen LogP) is 8.02. The zero-order valence-electron chi connectivity index (χ0n) is 19.8. The van der Waals surface area contributed by atoms with Crippen LogP contribution in [0.2, 0.25) is 0 Å². The second kappa shape index (κ2) is 10.8. The van der Waals surface area contributed by atoms with Crippen LogP contribution in [0.3, 0.4) is 0 Å². The van der Waals surface area contributed by atoms with E-state index in [0.717, 1.165) is 0 Å². The van der Waals surface area contributed by atoms with Crippen molar-refractivity contribution in [2.45, 2.75) is 62.5 Å². The van der Waals surface area contributed by atoms with Crippen LogP contribution in [0, 0.1) is 0 Å². The Kier molecular flexibility index (Phi) is 8.42. The summed E-state index contributed by atoms with van der Waals surface area (Å²) in [6.07, 6.45) is -18.7. The van der Waals surface area contributed by atoms with Crippen molar-refractivity contribution < 1.29 is 62.9 Å². The van der Waals surface area contributed by atoms with Crippen LogP contribution in [-0.2, 0) is 24.7 Å². The Morgan fingerprint density at radius 1 is 0.550 bits per heavy atom. The molecular formula is C24H18F12N2O2. The van der Waals surface area contributed by atoms with Gasteiger partial charge in [-0.15, -0.1) is 0 Å². The van der Waals surface area contributed by atoms with Crippen molar-refractivity contribution in [2.24, 2.45) is 9.98 Å². The van der Waals surface area contributed by atoms with Gasteiger partial charge < -0.3 is 10.2 Å². The van der Waals surface area contributed by atoms with Crippen LogP contribution in [0.5, 0.6) is 11.5 Å². The third kappa shape index (κ3) is 7.18. The third-order valence-electron chi connectivity index (χ3n) is 6.05. The fourth-order valence-corrected chi connectivity index (χ4v) is 4.06. The average molecular weight is 594 g/mol. The lowest BCUT2D eigenvalue weighted by Gasteiger charge is -2.25. The summed E-state index contributed by atoms with van der Waals surface area (Å²) >= 11 is 0. The molecule has 2 atom stereocenters. The van der Waals surface area contributed by atoms with E-state index in [1.807, 2.05) is 0 Å². The molecule has 2 unspecified atom stereocenters. The summed E-state index contributed by atoms with van der Waals surface area (Å²) < 4.78 is 158. The summed E-state index contributed by atoms with van der Waals surface area (Å²) in [4.78, 5) is 7.87. The topological polar surface area (TPSA) is 65.2 Å². The molecule has 0 aromatic heterocycles. The number of benzene rings is 2. The molecular weight excluding hydrogens is 576 g/mol. The molecule has 0 bridgehead atoms. The molecule has 16 heteroatoms. The number of hydrogen-bond donors (Lipinski definition) is 2. The standard InChI is InChI=1S/C24H18F12N2O2/c25-21(26,27)13-5-11(19(39)15(7-13)23(31,32)33)9-37-17-3-1-2-4-18(17)38-10-12-6-14(22(28,29)30)8-16(20(12)40)24(34,35)36/h5-10,17-18,39-40H,1-4H2. The largest absolute Gasteiger partial charge is 0.507 e. The van der Waals surface area contributed by atoms with Crippen LogP contribution in [0.1, 0.15) is 59.1 Å². The van der Waals surface area contributed by atoms with Gasteiger partial charge in [0, 0.05) is 23.6 Å². The van der Waals surface area contributed by atoms with Gasteiger partial charge in [-0.05, 0) is 37.1 Å². The van der Waals surface area contributed by atoms with E-state index in [1.165, 1.54) is 0 Å². The van der Waals surface area contributed by atoms with Crippen LogP contribution < -0.4 is 0 Å². The maximum absolute atomic E-state index is 13.2. The molecule has 1 saturated carbocycles. The van der Waals surface area contributed by atoms with Gasteiger partial charge in [-0.1, -0.05) is 12.8 Å². The van der Waals surface area contributed by atoms with Crippen LogP contribution in [0.25, 0.3) is 0 Å². The Morgan fingerprint density at radius 2 is 0.875 bits per heavy atom. The fourth-order valence-electron chi connectivity index (χ4n) is 4.06. The highest BCUT2D eigenvalue weighted by molar-refractivity contribution is 5.86. The number of aliphatic imine (C=N–C) groups is 2. The first-order valence-electron chi connectivity index (χ1n) is 11.3. The van der Waals surface area contributed by atoms with Gasteiger partial charge in [-0.3, -0.25) is 9.98 Å². The monoisotopic (exact) mass is 594 g/mol. The summed E-state index contributed by atoms with van der Waals surface area (Å²) in [6, 6.07) is -1.98. The molecule has 0 spiro atoms. The zero-order valence-corrected chi connectivity index (χ0v) is 19.8. The van der Waals surface area contributed by atoms with Gasteiger partial charge in [-0.25, -0.2) is 0 Å². The number of aromatic hydroxyl groups is 2. The van der Waals surface area contributed by atoms with E-state index in [-0.39, 0.29) is 37.1 Å². The van der Waals surface area contributed by atoms with E-state index in [1.54, 1.807) is 0 Å². The Hall–Kier alpha value is -3.46. The van der Waals surface area contributed by atoms with E-state index in [2.05, 4.69) is 9.98 Å². The van der Waals surface area contributed by atoms with Crippen molar-refractivity contribution in [3.8, 4) is 11.5 Å². The fraction of sp³-hybridized carbons (Fsp3) is 0.417. The number of phenols is 2. The lowest BCUT2D eigenvalue weighted by Crippen LogP contribution is -2.27. The Balaban J connectivity index is 2.00. The molecule has 40 heavy (non-hydrogen) atoms. The van der Waals surface area contributed by atoms with Crippen molar-refractivity contribution in [1.82, 2.24) is 0 Å². The van der Waals surface area contributed by atoms with Crippen LogP contribution in [0.15, 0.2) is 34.3 Å². The summed E-state index contributed by atoms with van der Waals surface area (Å²) in [5, 5.41) is 19.9. The SMILES string of the molecule is Oc1c(C=NC2CCCCC2N=Cc2cc(C(F)(F)F)cc(C(F)(F)F)c2O)cc(C(F)(F)F)cc1C(F)(F)F. The van der Waals surface area contributed by atoms with Gasteiger partial charge in [0.25, 0.3) is 0 Å². The molecule has 0 amide bonds. The van der Waals surface area contributed by atoms with E-state index in [0.29, 0.717) is 25.3 Å². The minimum absolute atomic E-state index is 0.159. The highest BCUT2D eigenvalue weighted by Gasteiger charge is 2.41. The van der Waals surface area contributed by atoms with E-state index >= 15 is 0 Å². The quantitative estimate of drug-likeness (QED) is 0.278. The van der Waals surface area contributed by atoms with Crippen molar-refractivity contribution in [2.75, 3.05) is 0 Å². The first-order chi connectivity index (χ1) is 18.2. The van der Waals surface area contributed by atoms with Gasteiger partial charge in [-0.2, -0.15) is 52.7 Å². The second-order valence-electron chi connectivity index (χ2n) is 8.89. The third-order valence-corrected chi connectivity index (χ3v) is 6.05. The molecule has 3 rings (SSSR count). The molecule has 1 aliphatic rings. The molecule has 2 N–H and O–H groups in total.